The zero-order chi connectivity index (χ0) is 10.9. The van der Waals surface area contributed by atoms with E-state index in [2.05, 4.69) is 0 Å². The van der Waals surface area contributed by atoms with Crippen molar-refractivity contribution in [3.8, 4) is 5.75 Å². The van der Waals surface area contributed by atoms with Crippen molar-refractivity contribution in [2.24, 2.45) is 5.73 Å². The zero-order valence-electron chi connectivity index (χ0n) is 8.78. The second-order valence-electron chi connectivity index (χ2n) is 3.74. The molecule has 2 atom stereocenters. The van der Waals surface area contributed by atoms with Crippen LogP contribution in [0, 0.1) is 13.8 Å². The van der Waals surface area contributed by atoms with Crippen LogP contribution >= 0.6 is 0 Å². The summed E-state index contributed by atoms with van der Waals surface area (Å²) in [7, 11) is 0. The van der Waals surface area contributed by atoms with Gasteiger partial charge in [0.25, 0.3) is 0 Å². The maximum absolute atomic E-state index is 9.80. The molecule has 2 unspecified atom stereocenters. The molecule has 1 rings (SSSR count). The van der Waals surface area contributed by atoms with Crippen LogP contribution in [0.4, 0.5) is 0 Å². The molecule has 0 aromatic heterocycles. The SMILES string of the molecule is Cc1ccc(O)c(C(O)C(C)N)c1C. The quantitative estimate of drug-likeness (QED) is 0.668. The van der Waals surface area contributed by atoms with Crippen LogP contribution in [0.3, 0.4) is 0 Å². The average Bonchev–Trinajstić information content (AvgIpc) is 2.12. The molecule has 0 fully saturated rings. The smallest absolute Gasteiger partial charge is 0.121 e. The van der Waals surface area contributed by atoms with Crippen LogP contribution in [-0.4, -0.2) is 16.3 Å². The first-order valence-electron chi connectivity index (χ1n) is 4.68. The number of phenolic OH excluding ortho intramolecular Hbond substituents is 1. The standard InChI is InChI=1S/C11H17NO2/c1-6-4-5-9(13)10(7(6)2)11(14)8(3)12/h4-5,8,11,13-14H,12H2,1-3H3. The lowest BCUT2D eigenvalue weighted by molar-refractivity contribution is 0.149. The van der Waals surface area contributed by atoms with Gasteiger partial charge in [0.1, 0.15) is 5.75 Å². The van der Waals surface area contributed by atoms with E-state index in [4.69, 9.17) is 5.73 Å². The van der Waals surface area contributed by atoms with Crippen molar-refractivity contribution in [2.45, 2.75) is 32.9 Å². The molecule has 0 saturated heterocycles. The Bertz CT molecular complexity index is 334. The van der Waals surface area contributed by atoms with Gasteiger partial charge in [0.2, 0.25) is 0 Å². The van der Waals surface area contributed by atoms with Gasteiger partial charge in [0, 0.05) is 11.6 Å². The van der Waals surface area contributed by atoms with Crippen molar-refractivity contribution in [1.82, 2.24) is 0 Å². The molecule has 0 saturated carbocycles. The first-order valence-corrected chi connectivity index (χ1v) is 4.68. The molecule has 0 spiro atoms. The zero-order valence-corrected chi connectivity index (χ0v) is 8.78. The average molecular weight is 195 g/mol. The van der Waals surface area contributed by atoms with Crippen molar-refractivity contribution >= 4 is 0 Å². The fourth-order valence-corrected chi connectivity index (χ4v) is 1.46. The highest BCUT2D eigenvalue weighted by Crippen LogP contribution is 2.30. The van der Waals surface area contributed by atoms with Crippen LogP contribution in [0.15, 0.2) is 12.1 Å². The maximum atomic E-state index is 9.80. The number of hydrogen-bond acceptors (Lipinski definition) is 3. The summed E-state index contributed by atoms with van der Waals surface area (Å²) in [6.45, 7) is 5.52. The van der Waals surface area contributed by atoms with Crippen LogP contribution in [0.1, 0.15) is 29.7 Å². The minimum absolute atomic E-state index is 0.109. The lowest BCUT2D eigenvalue weighted by atomic mass is 9.95. The fraction of sp³-hybridized carbons (Fsp3) is 0.455. The number of benzene rings is 1. The number of aliphatic hydroxyl groups excluding tert-OH is 1. The first-order chi connectivity index (χ1) is 6.45. The summed E-state index contributed by atoms with van der Waals surface area (Å²) >= 11 is 0. The van der Waals surface area contributed by atoms with Crippen molar-refractivity contribution < 1.29 is 10.2 Å². The number of aryl methyl sites for hydroxylation is 1. The Morgan fingerprint density at radius 3 is 2.36 bits per heavy atom. The van der Waals surface area contributed by atoms with Gasteiger partial charge in [0.05, 0.1) is 6.10 Å². The Labute approximate surface area is 84.2 Å². The number of phenols is 1. The predicted octanol–water partition coefficient (Wildman–Crippen LogP) is 1.39. The van der Waals surface area contributed by atoms with Crippen LogP contribution in [-0.2, 0) is 0 Å². The Kier molecular flexibility index (Phi) is 3.13. The molecular weight excluding hydrogens is 178 g/mol. The van der Waals surface area contributed by atoms with Crippen LogP contribution in [0.5, 0.6) is 5.75 Å². The number of aromatic hydroxyl groups is 1. The van der Waals surface area contributed by atoms with Gasteiger partial charge in [-0.05, 0) is 38.0 Å². The van der Waals surface area contributed by atoms with Gasteiger partial charge in [-0.25, -0.2) is 0 Å². The molecule has 3 nitrogen and oxygen atoms in total. The minimum atomic E-state index is -0.810. The summed E-state index contributed by atoms with van der Waals surface area (Å²) in [6.07, 6.45) is -0.810. The Morgan fingerprint density at radius 2 is 1.86 bits per heavy atom. The molecule has 0 aliphatic carbocycles. The molecule has 0 aliphatic rings. The predicted molar refractivity (Wildman–Crippen MR) is 56.2 cm³/mol. The van der Waals surface area contributed by atoms with Gasteiger partial charge in [-0.1, -0.05) is 6.07 Å². The van der Waals surface area contributed by atoms with E-state index in [1.54, 1.807) is 13.0 Å². The van der Waals surface area contributed by atoms with Crippen molar-refractivity contribution in [2.75, 3.05) is 0 Å². The fourth-order valence-electron chi connectivity index (χ4n) is 1.46. The number of aliphatic hydroxyl groups is 1. The molecule has 0 amide bonds. The van der Waals surface area contributed by atoms with Gasteiger partial charge in [-0.2, -0.15) is 0 Å². The monoisotopic (exact) mass is 195 g/mol. The summed E-state index contributed by atoms with van der Waals surface area (Å²) in [5, 5.41) is 19.4. The van der Waals surface area contributed by atoms with Gasteiger partial charge >= 0.3 is 0 Å². The normalized spacial score (nSPS) is 15.2. The summed E-state index contributed by atoms with van der Waals surface area (Å²) in [5.41, 5.74) is 8.07. The lowest BCUT2D eigenvalue weighted by Crippen LogP contribution is -2.25. The highest BCUT2D eigenvalue weighted by molar-refractivity contribution is 5.44. The van der Waals surface area contributed by atoms with Crippen LogP contribution in [0.2, 0.25) is 0 Å². The van der Waals surface area contributed by atoms with Crippen molar-refractivity contribution in [1.29, 1.82) is 0 Å². The van der Waals surface area contributed by atoms with Crippen molar-refractivity contribution in [3.05, 3.63) is 28.8 Å². The largest absolute Gasteiger partial charge is 0.508 e. The third kappa shape index (κ3) is 1.89. The summed E-state index contributed by atoms with van der Waals surface area (Å²) in [5.74, 6) is 0.109. The van der Waals surface area contributed by atoms with Gasteiger partial charge in [-0.3, -0.25) is 0 Å². The van der Waals surface area contributed by atoms with E-state index in [1.807, 2.05) is 19.9 Å². The van der Waals surface area contributed by atoms with E-state index >= 15 is 0 Å². The number of rotatable bonds is 2. The highest BCUT2D eigenvalue weighted by Gasteiger charge is 2.19. The van der Waals surface area contributed by atoms with E-state index in [-0.39, 0.29) is 11.8 Å². The molecule has 4 N–H and O–H groups in total. The first kappa shape index (κ1) is 11.0. The topological polar surface area (TPSA) is 66.5 Å². The number of hydrogen-bond donors (Lipinski definition) is 3. The van der Waals surface area contributed by atoms with Crippen molar-refractivity contribution in [3.63, 3.8) is 0 Å². The molecule has 0 aliphatic heterocycles. The molecule has 78 valence electrons. The molecule has 14 heavy (non-hydrogen) atoms. The van der Waals surface area contributed by atoms with E-state index < -0.39 is 6.10 Å². The van der Waals surface area contributed by atoms with Crippen LogP contribution in [0.25, 0.3) is 0 Å². The second-order valence-corrected chi connectivity index (χ2v) is 3.74. The third-order valence-electron chi connectivity index (χ3n) is 2.56. The summed E-state index contributed by atoms with van der Waals surface area (Å²) in [6, 6.07) is 3.02. The molecule has 0 heterocycles. The van der Waals surface area contributed by atoms with Crippen LogP contribution < -0.4 is 5.73 Å². The van der Waals surface area contributed by atoms with E-state index in [1.165, 1.54) is 0 Å². The van der Waals surface area contributed by atoms with E-state index in [9.17, 15) is 10.2 Å². The second kappa shape index (κ2) is 3.98. The summed E-state index contributed by atoms with van der Waals surface area (Å²) < 4.78 is 0. The summed E-state index contributed by atoms with van der Waals surface area (Å²) in [4.78, 5) is 0. The van der Waals surface area contributed by atoms with E-state index in [0.29, 0.717) is 5.56 Å². The Morgan fingerprint density at radius 1 is 1.29 bits per heavy atom. The molecule has 1 aromatic carbocycles. The molecule has 0 radical (unpaired) electrons. The Hall–Kier alpha value is -1.06. The lowest BCUT2D eigenvalue weighted by Gasteiger charge is -2.19. The molecule has 3 heteroatoms. The number of nitrogens with two attached hydrogens (primary N) is 1. The van der Waals surface area contributed by atoms with Gasteiger partial charge < -0.3 is 15.9 Å². The maximum Gasteiger partial charge on any atom is 0.121 e. The van der Waals surface area contributed by atoms with Gasteiger partial charge in [-0.15, -0.1) is 0 Å². The van der Waals surface area contributed by atoms with Gasteiger partial charge in [0.15, 0.2) is 0 Å². The molecular formula is C11H17NO2. The molecule has 1 aromatic rings. The highest BCUT2D eigenvalue weighted by atomic mass is 16.3. The minimum Gasteiger partial charge on any atom is -0.508 e. The van der Waals surface area contributed by atoms with E-state index in [0.717, 1.165) is 11.1 Å². The Balaban J connectivity index is 3.25. The molecule has 0 bridgehead atoms. The third-order valence-corrected chi connectivity index (χ3v) is 2.56.